The molecule has 1 aliphatic rings. The van der Waals surface area contributed by atoms with E-state index in [0.29, 0.717) is 6.54 Å². The van der Waals surface area contributed by atoms with Crippen molar-refractivity contribution in [3.05, 3.63) is 69.8 Å². The van der Waals surface area contributed by atoms with Gasteiger partial charge in [0.2, 0.25) is 5.91 Å². The first-order valence-electron chi connectivity index (χ1n) is 10.3. The van der Waals surface area contributed by atoms with Gasteiger partial charge in [0.05, 0.1) is 0 Å². The minimum atomic E-state index is -0.727. The lowest BCUT2D eigenvalue weighted by Crippen LogP contribution is -2.27. The van der Waals surface area contributed by atoms with Gasteiger partial charge in [-0.1, -0.05) is 48.9 Å². The molecule has 4 nitrogen and oxygen atoms in total. The van der Waals surface area contributed by atoms with Gasteiger partial charge in [0, 0.05) is 25.3 Å². The zero-order valence-electron chi connectivity index (χ0n) is 17.7. The van der Waals surface area contributed by atoms with Crippen LogP contribution >= 0.6 is 0 Å². The van der Waals surface area contributed by atoms with Gasteiger partial charge in [-0.25, -0.2) is 0 Å². The van der Waals surface area contributed by atoms with Crippen molar-refractivity contribution in [3.63, 3.8) is 0 Å². The third-order valence-electron chi connectivity index (χ3n) is 5.84. The van der Waals surface area contributed by atoms with Crippen LogP contribution in [0.4, 0.5) is 0 Å². The Bertz CT molecular complexity index is 920. The summed E-state index contributed by atoms with van der Waals surface area (Å²) >= 11 is 0. The number of amides is 1. The van der Waals surface area contributed by atoms with Crippen molar-refractivity contribution in [1.82, 2.24) is 5.32 Å². The Kier molecular flexibility index (Phi) is 6.31. The Morgan fingerprint density at radius 1 is 1.00 bits per heavy atom. The predicted octanol–water partition coefficient (Wildman–Crippen LogP) is 4.12. The van der Waals surface area contributed by atoms with E-state index in [2.05, 4.69) is 24.4 Å². The summed E-state index contributed by atoms with van der Waals surface area (Å²) < 4.78 is 0. The first-order chi connectivity index (χ1) is 13.8. The van der Waals surface area contributed by atoms with Crippen LogP contribution in [-0.2, 0) is 27.3 Å². The molecule has 0 heterocycles. The molecule has 152 valence electrons. The summed E-state index contributed by atoms with van der Waals surface area (Å²) in [6.45, 7) is 8.42. The number of nitrogens with one attached hydrogen (secondary N) is 1. The van der Waals surface area contributed by atoms with Crippen LogP contribution in [0, 0.1) is 26.7 Å². The van der Waals surface area contributed by atoms with Crippen LogP contribution in [0.5, 0.6) is 0 Å². The van der Waals surface area contributed by atoms with Crippen LogP contribution in [0.25, 0.3) is 0 Å². The largest absolute Gasteiger partial charge is 0.352 e. The molecule has 2 unspecified atom stereocenters. The Balaban J connectivity index is 1.64. The number of hydrogen-bond donors (Lipinski definition) is 1. The highest BCUT2D eigenvalue weighted by atomic mass is 16.2. The zero-order chi connectivity index (χ0) is 21.1. The lowest BCUT2D eigenvalue weighted by atomic mass is 9.86. The van der Waals surface area contributed by atoms with Gasteiger partial charge < -0.3 is 5.32 Å². The van der Waals surface area contributed by atoms with Crippen molar-refractivity contribution in [1.29, 1.82) is 0 Å². The molecule has 0 saturated heterocycles. The fourth-order valence-electron chi connectivity index (χ4n) is 4.37. The number of Topliss-reactive ketones (excluding diaryl/α,β-unsaturated/α-hetero) is 2. The Hall–Kier alpha value is -2.75. The van der Waals surface area contributed by atoms with E-state index < -0.39 is 11.8 Å². The van der Waals surface area contributed by atoms with Crippen LogP contribution in [0.15, 0.2) is 36.4 Å². The molecule has 1 fully saturated rings. The molecular formula is C25H29NO3. The smallest absolute Gasteiger partial charge is 0.221 e. The normalized spacial score (nSPS) is 18.9. The standard InChI is InChI=1S/C25H29NO3/c1-5-18-6-8-19(9-7-18)14-26-22(28)13-20-12-21(27)24(25(20)29)23-16(3)10-15(2)11-17(23)4/h6-11,20,24H,5,12-14H2,1-4H3,(H,26,28). The second-order valence-electron chi connectivity index (χ2n) is 8.17. The third-order valence-corrected chi connectivity index (χ3v) is 5.84. The fourth-order valence-corrected chi connectivity index (χ4v) is 4.37. The maximum absolute atomic E-state index is 13.0. The molecular weight excluding hydrogens is 362 g/mol. The number of aryl methyl sites for hydroxylation is 4. The SMILES string of the molecule is CCc1ccc(CNC(=O)CC2CC(=O)C(c3c(C)cc(C)cc3C)C2=O)cc1. The van der Waals surface area contributed by atoms with E-state index >= 15 is 0 Å². The zero-order valence-corrected chi connectivity index (χ0v) is 17.7. The van der Waals surface area contributed by atoms with Crippen LogP contribution < -0.4 is 5.32 Å². The summed E-state index contributed by atoms with van der Waals surface area (Å²) in [4.78, 5) is 38.0. The molecule has 0 aliphatic heterocycles. The predicted molar refractivity (Wildman–Crippen MR) is 114 cm³/mol. The highest BCUT2D eigenvalue weighted by Crippen LogP contribution is 2.37. The van der Waals surface area contributed by atoms with E-state index in [-0.39, 0.29) is 30.3 Å². The highest BCUT2D eigenvalue weighted by molar-refractivity contribution is 6.15. The van der Waals surface area contributed by atoms with Gasteiger partial charge in [0.1, 0.15) is 11.7 Å². The first kappa shape index (κ1) is 21.0. The minimum absolute atomic E-state index is 0.0675. The van der Waals surface area contributed by atoms with E-state index in [4.69, 9.17) is 0 Å². The number of hydrogen-bond acceptors (Lipinski definition) is 3. The van der Waals surface area contributed by atoms with Crippen molar-refractivity contribution in [2.24, 2.45) is 5.92 Å². The maximum atomic E-state index is 13.0. The van der Waals surface area contributed by atoms with Crippen molar-refractivity contribution in [3.8, 4) is 0 Å². The molecule has 0 aromatic heterocycles. The summed E-state index contributed by atoms with van der Waals surface area (Å²) in [5.41, 5.74) is 6.15. The van der Waals surface area contributed by atoms with E-state index in [1.807, 2.05) is 45.0 Å². The Morgan fingerprint density at radius 3 is 2.17 bits per heavy atom. The van der Waals surface area contributed by atoms with E-state index in [1.54, 1.807) is 0 Å². The van der Waals surface area contributed by atoms with Gasteiger partial charge in [-0.2, -0.15) is 0 Å². The molecule has 3 rings (SSSR count). The van der Waals surface area contributed by atoms with Crippen molar-refractivity contribution >= 4 is 17.5 Å². The molecule has 2 aromatic rings. The van der Waals surface area contributed by atoms with Crippen LogP contribution in [-0.4, -0.2) is 17.5 Å². The maximum Gasteiger partial charge on any atom is 0.221 e. The molecule has 2 atom stereocenters. The van der Waals surface area contributed by atoms with Crippen molar-refractivity contribution in [2.45, 2.75) is 59.4 Å². The number of carbonyl (C=O) groups is 3. The molecule has 1 aliphatic carbocycles. The second kappa shape index (κ2) is 8.73. The Morgan fingerprint density at radius 2 is 1.59 bits per heavy atom. The second-order valence-corrected chi connectivity index (χ2v) is 8.17. The molecule has 4 heteroatoms. The molecule has 0 bridgehead atoms. The van der Waals surface area contributed by atoms with Crippen LogP contribution in [0.3, 0.4) is 0 Å². The summed E-state index contributed by atoms with van der Waals surface area (Å²) in [5, 5.41) is 2.88. The van der Waals surface area contributed by atoms with E-state index in [0.717, 1.165) is 34.2 Å². The fraction of sp³-hybridized carbons (Fsp3) is 0.400. The monoisotopic (exact) mass is 391 g/mol. The van der Waals surface area contributed by atoms with Crippen LogP contribution in [0.1, 0.15) is 59.1 Å². The number of rotatable bonds is 6. The van der Waals surface area contributed by atoms with Gasteiger partial charge in [-0.05, 0) is 55.0 Å². The molecule has 29 heavy (non-hydrogen) atoms. The summed E-state index contributed by atoms with van der Waals surface area (Å²) in [5.74, 6) is -1.63. The van der Waals surface area contributed by atoms with Gasteiger partial charge in [-0.3, -0.25) is 14.4 Å². The lowest BCUT2D eigenvalue weighted by molar-refractivity contribution is -0.128. The third kappa shape index (κ3) is 4.64. The number of ketones is 2. The van der Waals surface area contributed by atoms with Gasteiger partial charge in [0.15, 0.2) is 5.78 Å². The molecule has 1 N–H and O–H groups in total. The average Bonchev–Trinajstić information content (AvgIpc) is 2.94. The van der Waals surface area contributed by atoms with E-state index in [1.165, 1.54) is 5.56 Å². The number of benzene rings is 2. The molecule has 1 saturated carbocycles. The lowest BCUT2D eigenvalue weighted by Gasteiger charge is -2.16. The topological polar surface area (TPSA) is 63.2 Å². The van der Waals surface area contributed by atoms with E-state index in [9.17, 15) is 14.4 Å². The van der Waals surface area contributed by atoms with Crippen molar-refractivity contribution < 1.29 is 14.4 Å². The highest BCUT2D eigenvalue weighted by Gasteiger charge is 2.43. The summed E-state index contributed by atoms with van der Waals surface area (Å²) in [6.07, 6.45) is 1.19. The number of carbonyl (C=O) groups excluding carboxylic acids is 3. The molecule has 0 spiro atoms. The minimum Gasteiger partial charge on any atom is -0.352 e. The molecule has 0 radical (unpaired) electrons. The van der Waals surface area contributed by atoms with Crippen LogP contribution in [0.2, 0.25) is 0 Å². The molecule has 2 aromatic carbocycles. The van der Waals surface area contributed by atoms with Gasteiger partial charge in [0.25, 0.3) is 0 Å². The Labute approximate surface area is 172 Å². The average molecular weight is 392 g/mol. The quantitative estimate of drug-likeness (QED) is 0.754. The summed E-state index contributed by atoms with van der Waals surface area (Å²) in [6, 6.07) is 12.1. The molecule has 1 amide bonds. The van der Waals surface area contributed by atoms with Gasteiger partial charge >= 0.3 is 0 Å². The van der Waals surface area contributed by atoms with Crippen molar-refractivity contribution in [2.75, 3.05) is 0 Å². The van der Waals surface area contributed by atoms with Gasteiger partial charge in [-0.15, -0.1) is 0 Å². The first-order valence-corrected chi connectivity index (χ1v) is 10.3. The summed E-state index contributed by atoms with van der Waals surface area (Å²) in [7, 11) is 0.